The lowest BCUT2D eigenvalue weighted by molar-refractivity contribution is -0.119. The lowest BCUT2D eigenvalue weighted by Crippen LogP contribution is -2.12. The third-order valence-corrected chi connectivity index (χ3v) is 2.18. The standard InChI is InChI=1S/C7H9N.C4H7NO.C3H5NO/c1-2-8-6-4-3-5-7-8;6-4-2-1-3-5-4;1-2-3(4)5/h2-6H,1,7H2;1-3H2,(H,5,6);2H,1H2,(H2,4,5). The van der Waals surface area contributed by atoms with Crippen molar-refractivity contribution < 1.29 is 9.59 Å². The molecule has 1 saturated heterocycles. The van der Waals surface area contributed by atoms with Crippen LogP contribution in [0.2, 0.25) is 0 Å². The molecule has 2 heterocycles. The van der Waals surface area contributed by atoms with Gasteiger partial charge in [-0.15, -0.1) is 0 Å². The van der Waals surface area contributed by atoms with Crippen LogP contribution in [0.5, 0.6) is 0 Å². The van der Waals surface area contributed by atoms with Crippen molar-refractivity contribution in [3.8, 4) is 0 Å². The highest BCUT2D eigenvalue weighted by Gasteiger charge is 2.05. The molecule has 5 nitrogen and oxygen atoms in total. The van der Waals surface area contributed by atoms with Gasteiger partial charge < -0.3 is 16.0 Å². The molecule has 19 heavy (non-hydrogen) atoms. The minimum Gasteiger partial charge on any atom is -0.366 e. The van der Waals surface area contributed by atoms with Gasteiger partial charge in [-0.05, 0) is 24.8 Å². The average molecular weight is 263 g/mol. The van der Waals surface area contributed by atoms with Crippen molar-refractivity contribution in [3.63, 3.8) is 0 Å². The zero-order valence-electron chi connectivity index (χ0n) is 11.0. The summed E-state index contributed by atoms with van der Waals surface area (Å²) >= 11 is 0. The van der Waals surface area contributed by atoms with Gasteiger partial charge in [-0.1, -0.05) is 25.3 Å². The maximum Gasteiger partial charge on any atom is 0.240 e. The second-order valence-electron chi connectivity index (χ2n) is 3.71. The first-order chi connectivity index (χ1) is 9.10. The number of hydrogen-bond donors (Lipinski definition) is 2. The number of carbonyl (C=O) groups excluding carboxylic acids is 2. The fourth-order valence-electron chi connectivity index (χ4n) is 1.18. The number of hydrogen-bond acceptors (Lipinski definition) is 3. The maximum absolute atomic E-state index is 10.1. The van der Waals surface area contributed by atoms with Gasteiger partial charge in [0.1, 0.15) is 0 Å². The molecule has 0 atom stereocenters. The van der Waals surface area contributed by atoms with Crippen molar-refractivity contribution >= 4 is 11.8 Å². The van der Waals surface area contributed by atoms with Crippen LogP contribution in [-0.2, 0) is 9.59 Å². The number of primary amides is 1. The number of rotatable bonds is 2. The van der Waals surface area contributed by atoms with Gasteiger partial charge >= 0.3 is 0 Å². The molecule has 0 aromatic carbocycles. The van der Waals surface area contributed by atoms with Crippen LogP contribution in [0.4, 0.5) is 0 Å². The van der Waals surface area contributed by atoms with E-state index in [1.54, 1.807) is 6.20 Å². The lowest BCUT2D eigenvalue weighted by Gasteiger charge is -2.13. The first-order valence-corrected chi connectivity index (χ1v) is 6.00. The van der Waals surface area contributed by atoms with Crippen LogP contribution < -0.4 is 11.1 Å². The quantitative estimate of drug-likeness (QED) is 0.732. The number of nitrogens with one attached hydrogen (secondary N) is 1. The number of amides is 2. The van der Waals surface area contributed by atoms with Crippen molar-refractivity contribution in [3.05, 3.63) is 49.9 Å². The minimum absolute atomic E-state index is 0.204. The van der Waals surface area contributed by atoms with Crippen LogP contribution in [0, 0.1) is 0 Å². The molecule has 0 unspecified atom stereocenters. The molecule has 2 aliphatic rings. The van der Waals surface area contributed by atoms with Gasteiger partial charge in [0.2, 0.25) is 11.8 Å². The predicted molar refractivity (Wildman–Crippen MR) is 76.8 cm³/mol. The summed E-state index contributed by atoms with van der Waals surface area (Å²) < 4.78 is 0. The molecule has 0 bridgehead atoms. The monoisotopic (exact) mass is 263 g/mol. The van der Waals surface area contributed by atoms with E-state index >= 15 is 0 Å². The molecule has 0 aliphatic carbocycles. The lowest BCUT2D eigenvalue weighted by atomic mass is 10.4. The SMILES string of the molecule is C=CC(N)=O.C=CN1C=CC=CC1.O=C1CCCN1. The highest BCUT2D eigenvalue weighted by molar-refractivity contribution is 5.84. The van der Waals surface area contributed by atoms with Gasteiger partial charge in [0, 0.05) is 25.7 Å². The van der Waals surface area contributed by atoms with E-state index in [0.29, 0.717) is 0 Å². The summed E-state index contributed by atoms with van der Waals surface area (Å²) in [6.45, 7) is 8.56. The Bertz CT molecular complexity index is 365. The fourth-order valence-corrected chi connectivity index (χ4v) is 1.18. The molecule has 5 heteroatoms. The van der Waals surface area contributed by atoms with Crippen LogP contribution in [0.25, 0.3) is 0 Å². The molecule has 0 saturated carbocycles. The molecule has 2 aliphatic heterocycles. The third kappa shape index (κ3) is 10.6. The molecular weight excluding hydrogens is 242 g/mol. The van der Waals surface area contributed by atoms with Crippen molar-refractivity contribution in [2.24, 2.45) is 5.73 Å². The van der Waals surface area contributed by atoms with Gasteiger partial charge in [-0.2, -0.15) is 0 Å². The smallest absolute Gasteiger partial charge is 0.240 e. The van der Waals surface area contributed by atoms with E-state index in [1.807, 2.05) is 23.3 Å². The number of carbonyl (C=O) groups is 2. The summed E-state index contributed by atoms with van der Waals surface area (Å²) in [6.07, 6.45) is 12.7. The summed E-state index contributed by atoms with van der Waals surface area (Å²) in [4.78, 5) is 21.6. The fraction of sp³-hybridized carbons (Fsp3) is 0.286. The molecule has 0 aromatic heterocycles. The van der Waals surface area contributed by atoms with E-state index in [-0.39, 0.29) is 5.91 Å². The van der Waals surface area contributed by atoms with Crippen LogP contribution in [0.3, 0.4) is 0 Å². The Morgan fingerprint density at radius 3 is 2.32 bits per heavy atom. The van der Waals surface area contributed by atoms with Gasteiger partial charge in [-0.25, -0.2) is 0 Å². The molecule has 0 spiro atoms. The van der Waals surface area contributed by atoms with Crippen LogP contribution in [0.1, 0.15) is 12.8 Å². The Kier molecular flexibility index (Phi) is 9.52. The number of nitrogens with zero attached hydrogens (tertiary/aromatic N) is 1. The average Bonchev–Trinajstić information content (AvgIpc) is 2.92. The van der Waals surface area contributed by atoms with E-state index in [2.05, 4.69) is 30.3 Å². The summed E-state index contributed by atoms with van der Waals surface area (Å²) in [6, 6.07) is 0. The van der Waals surface area contributed by atoms with Crippen LogP contribution >= 0.6 is 0 Å². The molecular formula is C14H21N3O2. The van der Waals surface area contributed by atoms with Gasteiger partial charge in [0.05, 0.1) is 0 Å². The van der Waals surface area contributed by atoms with Crippen molar-refractivity contribution in [2.45, 2.75) is 12.8 Å². The summed E-state index contributed by atoms with van der Waals surface area (Å²) in [5, 5.41) is 2.68. The molecule has 2 amide bonds. The summed E-state index contributed by atoms with van der Waals surface area (Å²) in [5.41, 5.74) is 4.53. The molecule has 0 radical (unpaired) electrons. The van der Waals surface area contributed by atoms with E-state index in [1.165, 1.54) is 0 Å². The highest BCUT2D eigenvalue weighted by Crippen LogP contribution is 1.96. The second kappa shape index (κ2) is 10.8. The van der Waals surface area contributed by atoms with E-state index in [9.17, 15) is 9.59 Å². The topological polar surface area (TPSA) is 75.4 Å². The van der Waals surface area contributed by atoms with Gasteiger partial charge in [0.15, 0.2) is 0 Å². The normalized spacial score (nSPS) is 15.4. The molecule has 2 rings (SSSR count). The van der Waals surface area contributed by atoms with E-state index in [4.69, 9.17) is 0 Å². The molecule has 104 valence electrons. The first-order valence-electron chi connectivity index (χ1n) is 6.00. The highest BCUT2D eigenvalue weighted by atomic mass is 16.2. The Hall–Kier alpha value is -2.30. The molecule has 1 fully saturated rings. The minimum atomic E-state index is -0.481. The van der Waals surface area contributed by atoms with Crippen LogP contribution in [-0.4, -0.2) is 29.8 Å². The Morgan fingerprint density at radius 2 is 2.11 bits per heavy atom. The number of nitrogens with two attached hydrogens (primary N) is 1. The zero-order valence-corrected chi connectivity index (χ0v) is 11.0. The molecule has 3 N–H and O–H groups in total. The summed E-state index contributed by atoms with van der Waals surface area (Å²) in [5.74, 6) is -0.278. The third-order valence-electron chi connectivity index (χ3n) is 2.18. The predicted octanol–water partition coefficient (Wildman–Crippen LogP) is 1.07. The molecule has 0 aromatic rings. The number of allylic oxidation sites excluding steroid dienone is 2. The summed E-state index contributed by atoms with van der Waals surface area (Å²) in [7, 11) is 0. The second-order valence-corrected chi connectivity index (χ2v) is 3.71. The Labute approximate surface area is 114 Å². The van der Waals surface area contributed by atoms with Crippen LogP contribution in [0.15, 0.2) is 49.9 Å². The largest absolute Gasteiger partial charge is 0.366 e. The van der Waals surface area contributed by atoms with Crippen molar-refractivity contribution in [2.75, 3.05) is 13.1 Å². The zero-order chi connectivity index (χ0) is 14.5. The van der Waals surface area contributed by atoms with E-state index < -0.39 is 5.91 Å². The maximum atomic E-state index is 10.1. The van der Waals surface area contributed by atoms with Gasteiger partial charge in [-0.3, -0.25) is 9.59 Å². The van der Waals surface area contributed by atoms with Gasteiger partial charge in [0.25, 0.3) is 0 Å². The van der Waals surface area contributed by atoms with Crippen molar-refractivity contribution in [1.82, 2.24) is 10.2 Å². The Balaban J connectivity index is 0.000000265. The van der Waals surface area contributed by atoms with Crippen molar-refractivity contribution in [1.29, 1.82) is 0 Å². The first kappa shape index (κ1) is 16.7. The Morgan fingerprint density at radius 1 is 1.42 bits per heavy atom. The van der Waals surface area contributed by atoms with E-state index in [0.717, 1.165) is 32.0 Å².